The molecule has 10 heteroatoms. The van der Waals surface area contributed by atoms with Crippen LogP contribution in [0.5, 0.6) is 11.5 Å². The van der Waals surface area contributed by atoms with Crippen LogP contribution in [0.25, 0.3) is 0 Å². The summed E-state index contributed by atoms with van der Waals surface area (Å²) in [7, 11) is -2.02. The zero-order chi connectivity index (χ0) is 32.2. The molecule has 0 spiro atoms. The van der Waals surface area contributed by atoms with Crippen LogP contribution in [0.3, 0.4) is 0 Å². The van der Waals surface area contributed by atoms with Crippen LogP contribution in [0.15, 0.2) is 78.9 Å². The number of anilines is 1. The molecule has 3 aromatic carbocycles. The number of ether oxygens (including phenoxy) is 2. The zero-order valence-corrected chi connectivity index (χ0v) is 27.3. The van der Waals surface area contributed by atoms with Crippen molar-refractivity contribution in [2.24, 2.45) is 0 Å². The average Bonchev–Trinajstić information content (AvgIpc) is 3.54. The summed E-state index contributed by atoms with van der Waals surface area (Å²) < 4.78 is 37.7. The molecule has 45 heavy (non-hydrogen) atoms. The van der Waals surface area contributed by atoms with Crippen molar-refractivity contribution in [1.82, 2.24) is 10.2 Å². The predicted molar refractivity (Wildman–Crippen MR) is 177 cm³/mol. The fraction of sp³-hybridized carbons (Fsp3) is 0.429. The van der Waals surface area contributed by atoms with Gasteiger partial charge in [0.1, 0.15) is 17.5 Å². The molecule has 1 saturated carbocycles. The minimum absolute atomic E-state index is 0.0645. The van der Waals surface area contributed by atoms with Gasteiger partial charge in [-0.25, -0.2) is 8.42 Å². The van der Waals surface area contributed by atoms with Gasteiger partial charge in [-0.3, -0.25) is 13.9 Å². The highest BCUT2D eigenvalue weighted by Gasteiger charge is 2.32. The lowest BCUT2D eigenvalue weighted by Gasteiger charge is -2.33. The Hall–Kier alpha value is -4.05. The third-order valence-electron chi connectivity index (χ3n) is 8.05. The SMILES string of the molecule is CCOc1ccc(N(CCCC(=O)N(Cc2cccc(OC)c2)[C@H](Cc2ccccc2)C(=O)NC2CCCC2)S(C)(=O)=O)cc1. The molecular weight excluding hydrogens is 590 g/mol. The van der Waals surface area contributed by atoms with Crippen LogP contribution in [0.4, 0.5) is 5.69 Å². The summed E-state index contributed by atoms with van der Waals surface area (Å²) >= 11 is 0. The van der Waals surface area contributed by atoms with E-state index in [2.05, 4.69) is 5.32 Å². The van der Waals surface area contributed by atoms with E-state index in [1.807, 2.05) is 61.5 Å². The van der Waals surface area contributed by atoms with E-state index in [9.17, 15) is 18.0 Å². The first-order chi connectivity index (χ1) is 21.7. The van der Waals surface area contributed by atoms with Crippen molar-refractivity contribution in [2.75, 3.05) is 30.8 Å². The molecule has 2 amide bonds. The minimum Gasteiger partial charge on any atom is -0.497 e. The Morgan fingerprint density at radius 2 is 1.62 bits per heavy atom. The van der Waals surface area contributed by atoms with Crippen LogP contribution in [-0.4, -0.2) is 63.7 Å². The molecule has 0 aromatic heterocycles. The number of hydrogen-bond donors (Lipinski definition) is 1. The van der Waals surface area contributed by atoms with Gasteiger partial charge in [-0.05, 0) is 73.7 Å². The second-order valence-electron chi connectivity index (χ2n) is 11.4. The van der Waals surface area contributed by atoms with Crippen molar-refractivity contribution < 1.29 is 27.5 Å². The molecule has 0 heterocycles. The van der Waals surface area contributed by atoms with Crippen LogP contribution in [0.1, 0.15) is 56.6 Å². The monoisotopic (exact) mass is 635 g/mol. The first-order valence-corrected chi connectivity index (χ1v) is 17.5. The fourth-order valence-electron chi connectivity index (χ4n) is 5.77. The van der Waals surface area contributed by atoms with Crippen LogP contribution in [-0.2, 0) is 32.6 Å². The summed E-state index contributed by atoms with van der Waals surface area (Å²) in [6, 6.07) is 23.4. The molecule has 0 radical (unpaired) electrons. The Kier molecular flexibility index (Phi) is 12.3. The largest absolute Gasteiger partial charge is 0.497 e. The standard InChI is InChI=1S/C35H45N3O6S/c1-4-44-31-21-19-30(20-22-31)38(45(3,41)42)23-11-18-34(39)37(26-28-14-10-17-32(24-28)43-2)33(25-27-12-6-5-7-13-27)35(40)36-29-15-8-9-16-29/h5-7,10,12-14,17,19-22,24,29,33H,4,8-9,11,15-16,18,23,25-26H2,1-3H3,(H,36,40)/t33-/m1/s1. The highest BCUT2D eigenvalue weighted by molar-refractivity contribution is 7.92. The van der Waals surface area contributed by atoms with Gasteiger partial charge in [0.25, 0.3) is 0 Å². The molecule has 1 N–H and O–H groups in total. The number of carbonyl (C=O) groups is 2. The third-order valence-corrected chi connectivity index (χ3v) is 9.24. The first-order valence-electron chi connectivity index (χ1n) is 15.6. The number of methoxy groups -OCH3 is 1. The maximum Gasteiger partial charge on any atom is 0.243 e. The quantitative estimate of drug-likeness (QED) is 0.228. The lowest BCUT2D eigenvalue weighted by molar-refractivity contribution is -0.141. The molecule has 3 aromatic rings. The zero-order valence-electron chi connectivity index (χ0n) is 26.5. The van der Waals surface area contributed by atoms with Crippen LogP contribution < -0.4 is 19.1 Å². The van der Waals surface area contributed by atoms with Gasteiger partial charge in [-0.2, -0.15) is 0 Å². The molecule has 9 nitrogen and oxygen atoms in total. The van der Waals surface area contributed by atoms with Gasteiger partial charge in [-0.1, -0.05) is 55.3 Å². The van der Waals surface area contributed by atoms with Crippen molar-refractivity contribution in [3.8, 4) is 11.5 Å². The summed E-state index contributed by atoms with van der Waals surface area (Å²) in [5, 5.41) is 3.22. The lowest BCUT2D eigenvalue weighted by atomic mass is 10.0. The summed E-state index contributed by atoms with van der Waals surface area (Å²) in [5.74, 6) is 0.919. The minimum atomic E-state index is -3.61. The molecule has 1 fully saturated rings. The highest BCUT2D eigenvalue weighted by Crippen LogP contribution is 2.24. The summed E-state index contributed by atoms with van der Waals surface area (Å²) in [4.78, 5) is 29.6. The van der Waals surface area contributed by atoms with Crippen molar-refractivity contribution in [1.29, 1.82) is 0 Å². The summed E-state index contributed by atoms with van der Waals surface area (Å²) in [5.41, 5.74) is 2.28. The van der Waals surface area contributed by atoms with E-state index in [4.69, 9.17) is 9.47 Å². The van der Waals surface area contributed by atoms with E-state index in [-0.39, 0.29) is 43.8 Å². The maximum absolute atomic E-state index is 14.1. The number of hydrogen-bond acceptors (Lipinski definition) is 6. The molecule has 1 aliphatic carbocycles. The van der Waals surface area contributed by atoms with Crippen molar-refractivity contribution in [3.05, 3.63) is 90.0 Å². The summed E-state index contributed by atoms with van der Waals surface area (Å²) in [6.07, 6.45) is 5.87. The Bertz CT molecular complexity index is 1490. The second-order valence-corrected chi connectivity index (χ2v) is 13.3. The number of nitrogens with one attached hydrogen (secondary N) is 1. The second kappa shape index (κ2) is 16.3. The molecule has 0 unspecified atom stereocenters. The van der Waals surface area contributed by atoms with E-state index < -0.39 is 16.1 Å². The number of rotatable bonds is 16. The molecule has 242 valence electrons. The lowest BCUT2D eigenvalue weighted by Crippen LogP contribution is -2.52. The molecule has 0 aliphatic heterocycles. The smallest absolute Gasteiger partial charge is 0.243 e. The molecule has 4 rings (SSSR count). The highest BCUT2D eigenvalue weighted by atomic mass is 32.2. The normalized spacial score (nSPS) is 14.0. The number of amides is 2. The van der Waals surface area contributed by atoms with Gasteiger partial charge >= 0.3 is 0 Å². The van der Waals surface area contributed by atoms with Gasteiger partial charge in [0.05, 0.1) is 25.7 Å². The van der Waals surface area contributed by atoms with Gasteiger partial charge in [-0.15, -0.1) is 0 Å². The number of sulfonamides is 1. The average molecular weight is 636 g/mol. The fourth-order valence-corrected chi connectivity index (χ4v) is 6.73. The Morgan fingerprint density at radius 1 is 0.933 bits per heavy atom. The van der Waals surface area contributed by atoms with E-state index in [0.717, 1.165) is 43.1 Å². The van der Waals surface area contributed by atoms with Crippen LogP contribution in [0, 0.1) is 0 Å². The predicted octanol–water partition coefficient (Wildman–Crippen LogP) is 5.34. The Balaban J connectivity index is 1.58. The molecule has 1 aliphatic rings. The first kappa shape index (κ1) is 33.8. The number of carbonyl (C=O) groups excluding carboxylic acids is 2. The van der Waals surface area contributed by atoms with Crippen LogP contribution >= 0.6 is 0 Å². The van der Waals surface area contributed by atoms with E-state index in [1.54, 1.807) is 36.3 Å². The van der Waals surface area contributed by atoms with Crippen LogP contribution in [0.2, 0.25) is 0 Å². The molecular formula is C35H45N3O6S. The maximum atomic E-state index is 14.1. The summed E-state index contributed by atoms with van der Waals surface area (Å²) in [6.45, 7) is 2.71. The molecule has 0 saturated heterocycles. The van der Waals surface area contributed by atoms with Gasteiger partial charge in [0.15, 0.2) is 0 Å². The molecule has 0 bridgehead atoms. The van der Waals surface area contributed by atoms with Crippen molar-refractivity contribution in [3.63, 3.8) is 0 Å². The van der Waals surface area contributed by atoms with Gasteiger partial charge < -0.3 is 19.7 Å². The number of nitrogens with zero attached hydrogens (tertiary/aromatic N) is 2. The third kappa shape index (κ3) is 9.97. The van der Waals surface area contributed by atoms with Crippen molar-refractivity contribution in [2.45, 2.75) is 70.5 Å². The van der Waals surface area contributed by atoms with E-state index in [1.165, 1.54) is 4.31 Å². The van der Waals surface area contributed by atoms with Crippen molar-refractivity contribution >= 4 is 27.5 Å². The van der Waals surface area contributed by atoms with Gasteiger partial charge in [0, 0.05) is 32.0 Å². The Morgan fingerprint density at radius 3 is 2.27 bits per heavy atom. The number of benzene rings is 3. The van der Waals surface area contributed by atoms with E-state index in [0.29, 0.717) is 30.2 Å². The molecule has 1 atom stereocenters. The Labute approximate surface area is 267 Å². The topological polar surface area (TPSA) is 105 Å². The van der Waals surface area contributed by atoms with Gasteiger partial charge in [0.2, 0.25) is 21.8 Å². The van der Waals surface area contributed by atoms with E-state index >= 15 is 0 Å².